The lowest BCUT2D eigenvalue weighted by molar-refractivity contribution is -0.144. The lowest BCUT2D eigenvalue weighted by atomic mass is 9.90. The van der Waals surface area contributed by atoms with Crippen LogP contribution in [0.15, 0.2) is 66.7 Å². The molecule has 1 atom stereocenters. The first-order valence-electron chi connectivity index (χ1n) is 12.7. The summed E-state index contributed by atoms with van der Waals surface area (Å²) in [7, 11) is 0. The molecule has 1 aliphatic rings. The third-order valence-electron chi connectivity index (χ3n) is 6.84. The Morgan fingerprint density at radius 2 is 1.76 bits per heavy atom. The largest absolute Gasteiger partial charge is 0.487 e. The van der Waals surface area contributed by atoms with Gasteiger partial charge in [0.1, 0.15) is 23.7 Å². The monoisotopic (exact) mass is 503 g/mol. The summed E-state index contributed by atoms with van der Waals surface area (Å²) in [5.74, 6) is -0.426. The van der Waals surface area contributed by atoms with Crippen LogP contribution in [0, 0.1) is 5.82 Å². The maximum Gasteiger partial charge on any atom is 0.323 e. The molecule has 1 N–H and O–H groups in total. The van der Waals surface area contributed by atoms with Crippen LogP contribution in [0.5, 0.6) is 5.75 Å². The van der Waals surface area contributed by atoms with Gasteiger partial charge in [0.15, 0.2) is 0 Å². The second-order valence-corrected chi connectivity index (χ2v) is 10.5. The summed E-state index contributed by atoms with van der Waals surface area (Å²) in [5, 5.41) is 9.27. The number of rotatable bonds is 10. The number of benzene rings is 3. The molecule has 3 aromatic rings. The third kappa shape index (κ3) is 6.97. The molecule has 0 saturated carbocycles. The van der Waals surface area contributed by atoms with Gasteiger partial charge in [0.2, 0.25) is 5.91 Å². The highest BCUT2D eigenvalue weighted by Crippen LogP contribution is 2.37. The number of aliphatic carboxylic acids is 1. The fraction of sp³-hybridized carbons (Fsp3) is 0.355. The average Bonchev–Trinajstić information content (AvgIpc) is 3.17. The number of fused-ring (bicyclic) bond motifs is 1. The van der Waals surface area contributed by atoms with E-state index in [0.29, 0.717) is 17.9 Å². The van der Waals surface area contributed by atoms with Crippen LogP contribution in [-0.2, 0) is 35.4 Å². The minimum absolute atomic E-state index is 0.0530. The van der Waals surface area contributed by atoms with Crippen molar-refractivity contribution in [3.63, 3.8) is 0 Å². The van der Waals surface area contributed by atoms with E-state index in [-0.39, 0.29) is 24.5 Å². The highest BCUT2D eigenvalue weighted by molar-refractivity contribution is 5.81. The Morgan fingerprint density at radius 1 is 1.03 bits per heavy atom. The van der Waals surface area contributed by atoms with E-state index in [0.717, 1.165) is 29.7 Å². The van der Waals surface area contributed by atoms with Crippen LogP contribution in [0.4, 0.5) is 4.39 Å². The first-order chi connectivity index (χ1) is 17.6. The topological polar surface area (TPSA) is 66.8 Å². The number of carbonyl (C=O) groups excluding carboxylic acids is 1. The lowest BCUT2D eigenvalue weighted by Crippen LogP contribution is -2.35. The number of carboxylic acid groups (broad SMARTS) is 1. The summed E-state index contributed by atoms with van der Waals surface area (Å²) in [4.78, 5) is 25.5. The molecule has 0 radical (unpaired) electrons. The quantitative estimate of drug-likeness (QED) is 0.372. The molecule has 6 heteroatoms. The number of halogens is 1. The highest BCUT2D eigenvalue weighted by atomic mass is 19.1. The summed E-state index contributed by atoms with van der Waals surface area (Å²) < 4.78 is 19.9. The molecule has 1 heterocycles. The van der Waals surface area contributed by atoms with Gasteiger partial charge in [0.05, 0.1) is 0 Å². The number of hydrogen-bond donors (Lipinski definition) is 1. The van der Waals surface area contributed by atoms with Gasteiger partial charge in [0.25, 0.3) is 0 Å². The molecule has 37 heavy (non-hydrogen) atoms. The molecular formula is C31H34FNO4. The lowest BCUT2D eigenvalue weighted by Gasteiger charge is -2.24. The number of carbonyl (C=O) groups is 2. The minimum atomic E-state index is -1.10. The van der Waals surface area contributed by atoms with E-state index in [4.69, 9.17) is 4.74 Å². The van der Waals surface area contributed by atoms with Crippen molar-refractivity contribution in [2.45, 2.75) is 64.5 Å². The first-order valence-corrected chi connectivity index (χ1v) is 12.7. The fourth-order valence-corrected chi connectivity index (χ4v) is 4.94. The van der Waals surface area contributed by atoms with Crippen molar-refractivity contribution in [1.29, 1.82) is 0 Å². The Balaban J connectivity index is 1.38. The van der Waals surface area contributed by atoms with Gasteiger partial charge in [0, 0.05) is 25.8 Å². The standard InChI is InChI=1S/C31H34FNO4/c1-21(2)25-11-7-23(8-12-25)17-31(3)18-26-15-22(9-13-28(26)37-31)10-14-29(34)33(20-30(35)36)19-24-5-4-6-27(32)16-24/h4-9,11-13,15-16,21H,10,14,17-20H2,1-3H3,(H,35,36). The van der Waals surface area contributed by atoms with Crippen LogP contribution >= 0.6 is 0 Å². The molecular weight excluding hydrogens is 469 g/mol. The smallest absolute Gasteiger partial charge is 0.323 e. The number of ether oxygens (including phenoxy) is 1. The Bertz CT molecular complexity index is 1270. The van der Waals surface area contributed by atoms with E-state index in [1.165, 1.54) is 28.2 Å². The number of aryl methyl sites for hydroxylation is 1. The second-order valence-electron chi connectivity index (χ2n) is 10.5. The van der Waals surface area contributed by atoms with Gasteiger partial charge in [-0.15, -0.1) is 0 Å². The molecule has 0 fully saturated rings. The van der Waals surface area contributed by atoms with Crippen LogP contribution < -0.4 is 4.74 Å². The van der Waals surface area contributed by atoms with E-state index in [9.17, 15) is 19.1 Å². The molecule has 194 valence electrons. The zero-order valence-electron chi connectivity index (χ0n) is 21.7. The van der Waals surface area contributed by atoms with Crippen LogP contribution in [0.3, 0.4) is 0 Å². The maximum absolute atomic E-state index is 13.6. The average molecular weight is 504 g/mol. The van der Waals surface area contributed by atoms with Crippen LogP contribution in [0.1, 0.15) is 60.9 Å². The van der Waals surface area contributed by atoms with Gasteiger partial charge >= 0.3 is 5.97 Å². The van der Waals surface area contributed by atoms with Crippen molar-refractivity contribution in [3.05, 3.63) is 100 Å². The second kappa shape index (κ2) is 11.2. The van der Waals surface area contributed by atoms with E-state index >= 15 is 0 Å². The van der Waals surface area contributed by atoms with Crippen molar-refractivity contribution in [1.82, 2.24) is 4.90 Å². The summed E-state index contributed by atoms with van der Waals surface area (Å²) in [6.45, 7) is 6.13. The predicted octanol–water partition coefficient (Wildman–Crippen LogP) is 5.93. The van der Waals surface area contributed by atoms with Crippen LogP contribution in [-0.4, -0.2) is 34.0 Å². The normalized spacial score (nSPS) is 16.4. The Kier molecular flexibility index (Phi) is 7.96. The molecule has 5 nitrogen and oxygen atoms in total. The summed E-state index contributed by atoms with van der Waals surface area (Å²) in [6.07, 6.45) is 2.24. The SMILES string of the molecule is CC(C)c1ccc(CC2(C)Cc3cc(CCC(=O)N(CC(=O)O)Cc4cccc(F)c4)ccc3O2)cc1. The molecule has 0 spiro atoms. The van der Waals surface area contributed by atoms with Gasteiger partial charge in [-0.25, -0.2) is 4.39 Å². The molecule has 0 saturated heterocycles. The van der Waals surface area contributed by atoms with Gasteiger partial charge < -0.3 is 14.7 Å². The van der Waals surface area contributed by atoms with Crippen LogP contribution in [0.2, 0.25) is 0 Å². The van der Waals surface area contributed by atoms with E-state index in [1.54, 1.807) is 12.1 Å². The molecule has 1 aliphatic heterocycles. The summed E-state index contributed by atoms with van der Waals surface area (Å²) in [6, 6.07) is 20.6. The summed E-state index contributed by atoms with van der Waals surface area (Å²) >= 11 is 0. The molecule has 4 rings (SSSR count). The van der Waals surface area contributed by atoms with Crippen molar-refractivity contribution < 1.29 is 23.8 Å². The Morgan fingerprint density at radius 3 is 2.43 bits per heavy atom. The Hall–Kier alpha value is -3.67. The van der Waals surface area contributed by atoms with Crippen molar-refractivity contribution in [2.75, 3.05) is 6.54 Å². The number of nitrogens with zero attached hydrogens (tertiary/aromatic N) is 1. The van der Waals surface area contributed by atoms with Gasteiger partial charge in [-0.3, -0.25) is 9.59 Å². The predicted molar refractivity (Wildman–Crippen MR) is 141 cm³/mol. The summed E-state index contributed by atoms with van der Waals surface area (Å²) in [5.41, 5.74) is 4.90. The number of amides is 1. The highest BCUT2D eigenvalue weighted by Gasteiger charge is 2.35. The van der Waals surface area contributed by atoms with Crippen molar-refractivity contribution in [2.24, 2.45) is 0 Å². The molecule has 0 bridgehead atoms. The van der Waals surface area contributed by atoms with Gasteiger partial charge in [-0.05, 0) is 65.3 Å². The molecule has 1 amide bonds. The zero-order chi connectivity index (χ0) is 26.6. The molecule has 0 aromatic heterocycles. The molecule has 3 aromatic carbocycles. The van der Waals surface area contributed by atoms with E-state index in [1.807, 2.05) is 12.1 Å². The van der Waals surface area contributed by atoms with E-state index in [2.05, 4.69) is 51.1 Å². The fourth-order valence-electron chi connectivity index (χ4n) is 4.94. The Labute approximate surface area is 217 Å². The molecule has 0 aliphatic carbocycles. The van der Waals surface area contributed by atoms with Crippen molar-refractivity contribution in [3.8, 4) is 5.75 Å². The molecule has 1 unspecified atom stereocenters. The van der Waals surface area contributed by atoms with Crippen LogP contribution in [0.25, 0.3) is 0 Å². The third-order valence-corrected chi connectivity index (χ3v) is 6.84. The van der Waals surface area contributed by atoms with Crippen molar-refractivity contribution >= 4 is 11.9 Å². The first kappa shape index (κ1) is 26.4. The zero-order valence-corrected chi connectivity index (χ0v) is 21.7. The number of carboxylic acids is 1. The van der Waals surface area contributed by atoms with Gasteiger partial charge in [-0.2, -0.15) is 0 Å². The van der Waals surface area contributed by atoms with Gasteiger partial charge in [-0.1, -0.05) is 62.4 Å². The minimum Gasteiger partial charge on any atom is -0.487 e. The maximum atomic E-state index is 13.6. The van der Waals surface area contributed by atoms with E-state index < -0.39 is 18.3 Å². The number of hydrogen-bond acceptors (Lipinski definition) is 3.